The number of rotatable bonds is 7. The van der Waals surface area contributed by atoms with Crippen molar-refractivity contribution in [1.29, 1.82) is 0 Å². The van der Waals surface area contributed by atoms with Gasteiger partial charge in [0.1, 0.15) is 10.8 Å². The van der Waals surface area contributed by atoms with Gasteiger partial charge in [0.2, 0.25) is 0 Å². The number of hydrogen-bond acceptors (Lipinski definition) is 8. The summed E-state index contributed by atoms with van der Waals surface area (Å²) in [6.45, 7) is 1.91. The lowest BCUT2D eigenvalue weighted by Crippen LogP contribution is -2.32. The number of benzene rings is 2. The van der Waals surface area contributed by atoms with Crippen LogP contribution in [0.4, 0.5) is 5.00 Å². The molecule has 2 amide bonds. The number of fused-ring (bicyclic) bond motifs is 1. The van der Waals surface area contributed by atoms with Crippen molar-refractivity contribution < 1.29 is 28.7 Å². The molecule has 1 aliphatic rings. The normalized spacial score (nSPS) is 12.1. The van der Waals surface area contributed by atoms with E-state index in [0.717, 1.165) is 29.7 Å². The van der Waals surface area contributed by atoms with Crippen LogP contribution in [0.2, 0.25) is 0 Å². The molecule has 0 spiro atoms. The monoisotopic (exact) mass is 505 g/mol. The van der Waals surface area contributed by atoms with E-state index in [1.165, 1.54) is 17.6 Å². The minimum absolute atomic E-state index is 0.207. The molecule has 0 radical (unpaired) electrons. The van der Waals surface area contributed by atoms with Crippen LogP contribution in [0.25, 0.3) is 0 Å². The fourth-order valence-corrected chi connectivity index (χ4v) is 4.96. The number of hydrogen-bond donors (Lipinski definition) is 2. The predicted octanol–water partition coefficient (Wildman–Crippen LogP) is 3.72. The molecule has 184 valence electrons. The molecule has 1 heterocycles. The molecule has 36 heavy (non-hydrogen) atoms. The van der Waals surface area contributed by atoms with Crippen LogP contribution in [0.3, 0.4) is 0 Å². The van der Waals surface area contributed by atoms with E-state index >= 15 is 0 Å². The van der Waals surface area contributed by atoms with Crippen LogP contribution >= 0.6 is 11.3 Å². The van der Waals surface area contributed by atoms with Gasteiger partial charge in [0.15, 0.2) is 0 Å². The van der Waals surface area contributed by atoms with Gasteiger partial charge in [-0.25, -0.2) is 15.0 Å². The van der Waals surface area contributed by atoms with Gasteiger partial charge in [0.25, 0.3) is 0 Å². The van der Waals surface area contributed by atoms with E-state index in [1.807, 2.05) is 0 Å². The third-order valence-electron chi connectivity index (χ3n) is 5.29. The maximum absolute atomic E-state index is 12.4. The zero-order valence-corrected chi connectivity index (χ0v) is 20.2. The summed E-state index contributed by atoms with van der Waals surface area (Å²) in [5, 5.41) is 6.62. The Morgan fingerprint density at radius 2 is 1.81 bits per heavy atom. The van der Waals surface area contributed by atoms with Crippen LogP contribution in [0, 0.1) is 0 Å². The number of ether oxygens (including phenoxy) is 2. The molecule has 0 unspecified atom stereocenters. The quantitative estimate of drug-likeness (QED) is 0.166. The lowest BCUT2D eigenvalue weighted by atomic mass is 10.1. The summed E-state index contributed by atoms with van der Waals surface area (Å²) in [6.07, 6.45) is 3.79. The first-order chi connectivity index (χ1) is 17.5. The summed E-state index contributed by atoms with van der Waals surface area (Å²) in [6, 6.07) is 15.1. The van der Waals surface area contributed by atoms with Gasteiger partial charge in [-0.1, -0.05) is 30.3 Å². The first-order valence-electron chi connectivity index (χ1n) is 11.3. The summed E-state index contributed by atoms with van der Waals surface area (Å²) in [5.41, 5.74) is 4.30. The minimum Gasteiger partial charge on any atom is -0.462 e. The average molecular weight is 506 g/mol. The predicted molar refractivity (Wildman–Crippen MR) is 135 cm³/mol. The maximum Gasteiger partial charge on any atom is 0.343 e. The first-order valence-corrected chi connectivity index (χ1v) is 12.1. The number of carbonyl (C=O) groups is 4. The maximum atomic E-state index is 12.4. The van der Waals surface area contributed by atoms with Crippen LogP contribution in [0.15, 0.2) is 59.7 Å². The highest BCUT2D eigenvalue weighted by Gasteiger charge is 2.29. The van der Waals surface area contributed by atoms with Crippen molar-refractivity contribution in [2.45, 2.75) is 26.2 Å². The number of hydrazone groups is 1. The number of nitrogens with zero attached hydrogens (tertiary/aromatic N) is 1. The third-order valence-corrected chi connectivity index (χ3v) is 6.50. The summed E-state index contributed by atoms with van der Waals surface area (Å²) < 4.78 is 10.5. The molecule has 0 atom stereocenters. The van der Waals surface area contributed by atoms with E-state index in [4.69, 9.17) is 9.47 Å². The average Bonchev–Trinajstić information content (AvgIpc) is 3.45. The number of amides is 2. The van der Waals surface area contributed by atoms with Gasteiger partial charge in [0.05, 0.1) is 23.9 Å². The number of nitrogens with one attached hydrogen (secondary N) is 2. The Labute approximate surface area is 211 Å². The largest absolute Gasteiger partial charge is 0.462 e. The molecular formula is C26H23N3O6S. The fraction of sp³-hybridized carbons (Fsp3) is 0.192. The Morgan fingerprint density at radius 3 is 2.58 bits per heavy atom. The van der Waals surface area contributed by atoms with E-state index in [2.05, 4.69) is 15.8 Å². The molecule has 1 aromatic heterocycles. The van der Waals surface area contributed by atoms with Crippen LogP contribution in [-0.4, -0.2) is 36.6 Å². The topological polar surface area (TPSA) is 123 Å². The number of esters is 2. The summed E-state index contributed by atoms with van der Waals surface area (Å²) in [4.78, 5) is 50.3. The lowest BCUT2D eigenvalue weighted by molar-refractivity contribution is -0.136. The number of carbonyl (C=O) groups excluding carboxylic acids is 4. The van der Waals surface area contributed by atoms with Crippen molar-refractivity contribution in [2.24, 2.45) is 5.10 Å². The highest BCUT2D eigenvalue weighted by Crippen LogP contribution is 2.39. The number of thiophene rings is 1. The number of aryl methyl sites for hydroxylation is 1. The molecule has 2 aromatic carbocycles. The lowest BCUT2D eigenvalue weighted by Gasteiger charge is -2.07. The van der Waals surface area contributed by atoms with E-state index in [-0.39, 0.29) is 6.61 Å². The molecule has 9 nitrogen and oxygen atoms in total. The second-order valence-electron chi connectivity index (χ2n) is 7.76. The second kappa shape index (κ2) is 11.4. The standard InChI is InChI=1S/C26H23N3O6S/c1-2-34-26(33)21-19-12-7-13-20(19)36-24(21)28-22(30)23(31)29-27-15-16-8-6-11-18(14-16)35-25(32)17-9-4-3-5-10-17/h3-6,8-11,14-15H,2,7,12-13H2,1H3,(H,28,30)(H,29,31). The smallest absolute Gasteiger partial charge is 0.343 e. The van der Waals surface area contributed by atoms with Gasteiger partial charge in [-0.2, -0.15) is 5.10 Å². The zero-order valence-electron chi connectivity index (χ0n) is 19.4. The zero-order chi connectivity index (χ0) is 25.5. The van der Waals surface area contributed by atoms with Crippen LogP contribution in [0.5, 0.6) is 5.75 Å². The Bertz CT molecular complexity index is 1330. The number of anilines is 1. The highest BCUT2D eigenvalue weighted by molar-refractivity contribution is 7.17. The van der Waals surface area contributed by atoms with Gasteiger partial charge in [0, 0.05) is 4.88 Å². The highest BCUT2D eigenvalue weighted by atomic mass is 32.1. The van der Waals surface area contributed by atoms with Crippen molar-refractivity contribution in [3.63, 3.8) is 0 Å². The second-order valence-corrected chi connectivity index (χ2v) is 8.87. The summed E-state index contributed by atoms with van der Waals surface area (Å²) in [7, 11) is 0. The van der Waals surface area contributed by atoms with E-state index < -0.39 is 23.8 Å². The van der Waals surface area contributed by atoms with Crippen molar-refractivity contribution in [3.05, 3.63) is 81.7 Å². The van der Waals surface area contributed by atoms with Gasteiger partial charge in [-0.3, -0.25) is 9.59 Å². The van der Waals surface area contributed by atoms with Gasteiger partial charge in [-0.15, -0.1) is 11.3 Å². The molecule has 0 aliphatic heterocycles. The van der Waals surface area contributed by atoms with Gasteiger partial charge in [-0.05, 0) is 61.6 Å². The molecule has 1 aliphatic carbocycles. The van der Waals surface area contributed by atoms with Crippen molar-refractivity contribution in [1.82, 2.24) is 5.43 Å². The first kappa shape index (κ1) is 24.8. The molecule has 2 N–H and O–H groups in total. The summed E-state index contributed by atoms with van der Waals surface area (Å²) in [5.74, 6) is -2.67. The molecular weight excluding hydrogens is 482 g/mol. The molecule has 0 fully saturated rings. The Kier molecular flexibility index (Phi) is 7.86. The van der Waals surface area contributed by atoms with Crippen molar-refractivity contribution >= 4 is 46.3 Å². The Hall–Kier alpha value is -4.31. The summed E-state index contributed by atoms with van der Waals surface area (Å²) >= 11 is 1.28. The van der Waals surface area contributed by atoms with E-state index in [9.17, 15) is 19.2 Å². The molecule has 3 aromatic rings. The fourth-order valence-electron chi connectivity index (χ4n) is 3.69. The van der Waals surface area contributed by atoms with Crippen LogP contribution in [0.1, 0.15) is 50.1 Å². The molecule has 0 saturated carbocycles. The Morgan fingerprint density at radius 1 is 1.00 bits per heavy atom. The van der Waals surface area contributed by atoms with E-state index in [1.54, 1.807) is 61.5 Å². The van der Waals surface area contributed by atoms with Gasteiger partial charge < -0.3 is 14.8 Å². The Balaban J connectivity index is 1.36. The molecule has 0 bridgehead atoms. The van der Waals surface area contributed by atoms with E-state index in [0.29, 0.717) is 27.4 Å². The van der Waals surface area contributed by atoms with Crippen molar-refractivity contribution in [3.8, 4) is 5.75 Å². The van der Waals surface area contributed by atoms with Crippen LogP contribution < -0.4 is 15.5 Å². The molecule has 4 rings (SSSR count). The third kappa shape index (κ3) is 5.84. The minimum atomic E-state index is -0.999. The molecule has 10 heteroatoms. The molecule has 0 saturated heterocycles. The van der Waals surface area contributed by atoms with Crippen LogP contribution in [-0.2, 0) is 27.2 Å². The van der Waals surface area contributed by atoms with Gasteiger partial charge >= 0.3 is 23.8 Å². The van der Waals surface area contributed by atoms with Crippen molar-refractivity contribution in [2.75, 3.05) is 11.9 Å². The SMILES string of the molecule is CCOC(=O)c1c(NC(=O)C(=O)NN=Cc2cccc(OC(=O)c3ccccc3)c2)sc2c1CCC2.